The van der Waals surface area contributed by atoms with E-state index in [1.165, 1.54) is 6.08 Å². The summed E-state index contributed by atoms with van der Waals surface area (Å²) in [6, 6.07) is 17.8. The molecule has 0 unspecified atom stereocenters. The first kappa shape index (κ1) is 19.0. The molecular weight excluding hydrogens is 406 g/mol. The normalized spacial score (nSPS) is 11.0. The van der Waals surface area contributed by atoms with Gasteiger partial charge >= 0.3 is 5.97 Å². The topological polar surface area (TPSA) is 57.0 Å². The van der Waals surface area contributed by atoms with Crippen LogP contribution in [0.5, 0.6) is 0 Å². The second-order valence-electron chi connectivity index (χ2n) is 6.05. The Morgan fingerprint density at radius 1 is 1.11 bits per heavy atom. The minimum atomic E-state index is -0.335. The number of ether oxygens (including phenoxy) is 1. The molecule has 0 radical (unpaired) electrons. The Hall–Kier alpha value is -2.73. The zero-order valence-electron chi connectivity index (χ0n) is 14.8. The van der Waals surface area contributed by atoms with Crippen molar-refractivity contribution in [3.8, 4) is 0 Å². The van der Waals surface area contributed by atoms with Gasteiger partial charge in [-0.15, -0.1) is 5.10 Å². The summed E-state index contributed by atoms with van der Waals surface area (Å²) in [6.07, 6.45) is 6.55. The second kappa shape index (κ2) is 9.83. The maximum Gasteiger partial charge on any atom is 0.330 e. The lowest BCUT2D eigenvalue weighted by Crippen LogP contribution is -2.03. The number of halogens is 1. The van der Waals surface area contributed by atoms with Gasteiger partial charge in [-0.2, -0.15) is 0 Å². The summed E-state index contributed by atoms with van der Waals surface area (Å²) in [4.78, 5) is 11.7. The average Bonchev–Trinajstić information content (AvgIpc) is 3.13. The first-order chi connectivity index (χ1) is 13.2. The molecule has 5 nitrogen and oxygen atoms in total. The molecule has 27 heavy (non-hydrogen) atoms. The highest BCUT2D eigenvalue weighted by Gasteiger charge is 2.03. The second-order valence-corrected chi connectivity index (χ2v) is 6.96. The lowest BCUT2D eigenvalue weighted by molar-refractivity contribution is -0.137. The fraction of sp³-hybridized carbons (Fsp3) is 0.190. The quantitative estimate of drug-likeness (QED) is 0.307. The minimum absolute atomic E-state index is 0.335. The van der Waals surface area contributed by atoms with Crippen LogP contribution in [0.1, 0.15) is 23.2 Å². The molecule has 0 bridgehead atoms. The number of aromatic nitrogens is 3. The molecular formula is C21H20BrN3O2. The maximum atomic E-state index is 11.7. The number of hydrogen-bond donors (Lipinski definition) is 0. The van der Waals surface area contributed by atoms with Gasteiger partial charge in [-0.1, -0.05) is 63.6 Å². The van der Waals surface area contributed by atoms with Crippen LogP contribution in [-0.2, 0) is 22.5 Å². The van der Waals surface area contributed by atoms with Crippen molar-refractivity contribution in [2.45, 2.75) is 19.4 Å². The number of carbonyl (C=O) groups is 1. The van der Waals surface area contributed by atoms with Crippen molar-refractivity contribution < 1.29 is 9.53 Å². The number of aryl methyl sites for hydroxylation is 1. The Morgan fingerprint density at radius 2 is 1.89 bits per heavy atom. The van der Waals surface area contributed by atoms with Gasteiger partial charge in [-0.3, -0.25) is 0 Å². The highest BCUT2D eigenvalue weighted by Crippen LogP contribution is 2.11. The van der Waals surface area contributed by atoms with E-state index in [4.69, 9.17) is 4.74 Å². The van der Waals surface area contributed by atoms with E-state index in [2.05, 4.69) is 26.2 Å². The number of benzene rings is 2. The number of nitrogens with zero attached hydrogens (tertiary/aromatic N) is 3. The predicted octanol–water partition coefficient (Wildman–Crippen LogP) is 4.28. The monoisotopic (exact) mass is 425 g/mol. The molecule has 0 aliphatic rings. The Bertz CT molecular complexity index is 889. The summed E-state index contributed by atoms with van der Waals surface area (Å²) < 4.78 is 8.08. The minimum Gasteiger partial charge on any atom is -0.463 e. The van der Waals surface area contributed by atoms with Crippen molar-refractivity contribution in [3.63, 3.8) is 0 Å². The summed E-state index contributed by atoms with van der Waals surface area (Å²) in [5.41, 5.74) is 3.02. The maximum absolute atomic E-state index is 11.7. The van der Waals surface area contributed by atoms with Crippen LogP contribution in [0, 0.1) is 0 Å². The Labute approximate surface area is 166 Å². The third-order valence-corrected chi connectivity index (χ3v) is 4.41. The number of rotatable bonds is 8. The lowest BCUT2D eigenvalue weighted by Gasteiger charge is -2.01. The molecule has 0 atom stereocenters. The molecule has 0 N–H and O–H groups in total. The van der Waals surface area contributed by atoms with Crippen LogP contribution < -0.4 is 0 Å². The van der Waals surface area contributed by atoms with Crippen LogP contribution in [0.3, 0.4) is 0 Å². The van der Waals surface area contributed by atoms with Crippen molar-refractivity contribution in [1.29, 1.82) is 0 Å². The van der Waals surface area contributed by atoms with E-state index in [0.717, 1.165) is 27.7 Å². The number of esters is 1. The van der Waals surface area contributed by atoms with Gasteiger partial charge < -0.3 is 4.74 Å². The highest BCUT2D eigenvalue weighted by atomic mass is 79.9. The van der Waals surface area contributed by atoms with E-state index in [1.54, 1.807) is 6.08 Å². The molecule has 6 heteroatoms. The van der Waals surface area contributed by atoms with Gasteiger partial charge in [-0.25, -0.2) is 9.48 Å². The lowest BCUT2D eigenvalue weighted by atomic mass is 10.2. The standard InChI is InChI=1S/C21H20BrN3O2/c22-19-11-8-18(9-12-19)15-25-16-20(23-24-25)7-4-14-27-21(26)13-10-17-5-2-1-3-6-17/h1-3,5-6,8-13,16H,4,7,14-15H2/b13-10+. The first-order valence-corrected chi connectivity index (χ1v) is 9.52. The Morgan fingerprint density at radius 3 is 2.67 bits per heavy atom. The van der Waals surface area contributed by atoms with Crippen molar-refractivity contribution in [3.05, 3.63) is 88.2 Å². The number of hydrogen-bond acceptors (Lipinski definition) is 4. The molecule has 138 valence electrons. The van der Waals surface area contributed by atoms with Crippen molar-refractivity contribution in [1.82, 2.24) is 15.0 Å². The Balaban J connectivity index is 1.38. The van der Waals surface area contributed by atoms with E-state index in [-0.39, 0.29) is 5.97 Å². The van der Waals surface area contributed by atoms with Crippen LogP contribution in [-0.4, -0.2) is 27.6 Å². The molecule has 0 fully saturated rings. The smallest absolute Gasteiger partial charge is 0.330 e. The summed E-state index contributed by atoms with van der Waals surface area (Å²) in [5, 5.41) is 8.32. The van der Waals surface area contributed by atoms with Crippen molar-refractivity contribution in [2.75, 3.05) is 6.61 Å². The molecule has 0 aliphatic carbocycles. The van der Waals surface area contributed by atoms with Gasteiger partial charge in [0.1, 0.15) is 0 Å². The average molecular weight is 426 g/mol. The van der Waals surface area contributed by atoms with Gasteiger partial charge in [0.25, 0.3) is 0 Å². The van der Waals surface area contributed by atoms with E-state index >= 15 is 0 Å². The molecule has 0 aliphatic heterocycles. The van der Waals surface area contributed by atoms with Crippen LogP contribution in [0.25, 0.3) is 6.08 Å². The fourth-order valence-electron chi connectivity index (χ4n) is 2.51. The van der Waals surface area contributed by atoms with Crippen LogP contribution >= 0.6 is 15.9 Å². The molecule has 3 rings (SSSR count). The molecule has 3 aromatic rings. The van der Waals surface area contributed by atoms with Gasteiger partial charge in [-0.05, 0) is 42.2 Å². The van der Waals surface area contributed by atoms with Crippen molar-refractivity contribution in [2.24, 2.45) is 0 Å². The summed E-state index contributed by atoms with van der Waals surface area (Å²) in [6.45, 7) is 1.04. The molecule has 1 aromatic heterocycles. The SMILES string of the molecule is O=C(/C=C/c1ccccc1)OCCCc1cn(Cc2ccc(Br)cc2)nn1. The third kappa shape index (κ3) is 6.49. The molecule has 2 aromatic carbocycles. The molecule has 1 heterocycles. The van der Waals surface area contributed by atoms with Gasteiger partial charge in [0.15, 0.2) is 0 Å². The summed E-state index contributed by atoms with van der Waals surface area (Å²) in [5.74, 6) is -0.335. The van der Waals surface area contributed by atoms with Crippen LogP contribution in [0.2, 0.25) is 0 Å². The molecule has 0 saturated carbocycles. The number of carbonyl (C=O) groups excluding carboxylic acids is 1. The van der Waals surface area contributed by atoms with Crippen molar-refractivity contribution >= 4 is 28.0 Å². The largest absolute Gasteiger partial charge is 0.463 e. The molecule has 0 spiro atoms. The van der Waals surface area contributed by atoms with E-state index in [1.807, 2.05) is 65.5 Å². The Kier molecular flexibility index (Phi) is 6.93. The zero-order valence-corrected chi connectivity index (χ0v) is 16.4. The predicted molar refractivity (Wildman–Crippen MR) is 108 cm³/mol. The van der Waals surface area contributed by atoms with Crippen LogP contribution in [0.4, 0.5) is 0 Å². The third-order valence-electron chi connectivity index (χ3n) is 3.88. The molecule has 0 saturated heterocycles. The molecule has 0 amide bonds. The van der Waals surface area contributed by atoms with E-state index in [0.29, 0.717) is 19.6 Å². The van der Waals surface area contributed by atoms with Gasteiger partial charge in [0.2, 0.25) is 0 Å². The van der Waals surface area contributed by atoms with Crippen LogP contribution in [0.15, 0.2) is 71.3 Å². The van der Waals surface area contributed by atoms with E-state index in [9.17, 15) is 4.79 Å². The van der Waals surface area contributed by atoms with Gasteiger partial charge in [0.05, 0.1) is 18.8 Å². The highest BCUT2D eigenvalue weighted by molar-refractivity contribution is 9.10. The fourth-order valence-corrected chi connectivity index (χ4v) is 2.77. The summed E-state index contributed by atoms with van der Waals surface area (Å²) in [7, 11) is 0. The first-order valence-electron chi connectivity index (χ1n) is 8.72. The summed E-state index contributed by atoms with van der Waals surface area (Å²) >= 11 is 3.43. The zero-order chi connectivity index (χ0) is 18.9. The van der Waals surface area contributed by atoms with E-state index < -0.39 is 0 Å². The van der Waals surface area contributed by atoms with Gasteiger partial charge in [0, 0.05) is 16.7 Å².